The Morgan fingerprint density at radius 2 is 1.61 bits per heavy atom. The maximum Gasteiger partial charge on any atom is 0.189 e. The van der Waals surface area contributed by atoms with Gasteiger partial charge in [0, 0.05) is 22.2 Å². The van der Waals surface area contributed by atoms with Crippen LogP contribution in [0.5, 0.6) is 5.75 Å². The van der Waals surface area contributed by atoms with Crippen LogP contribution in [0.3, 0.4) is 0 Å². The van der Waals surface area contributed by atoms with Crippen molar-refractivity contribution in [2.75, 3.05) is 0 Å². The molecule has 0 atom stereocenters. The second kappa shape index (κ2) is 6.62. The molecule has 6 heteroatoms. The Labute approximate surface area is 165 Å². The normalized spacial score (nSPS) is 11.3. The number of phenols is 1. The number of fused-ring (bicyclic) bond motifs is 3. The van der Waals surface area contributed by atoms with Gasteiger partial charge in [-0.05, 0) is 23.8 Å². The molecule has 0 amide bonds. The van der Waals surface area contributed by atoms with E-state index in [0.717, 1.165) is 16.5 Å². The van der Waals surface area contributed by atoms with Crippen molar-refractivity contribution in [2.24, 2.45) is 0 Å². The summed E-state index contributed by atoms with van der Waals surface area (Å²) in [5.74, 6) is 0.535. The number of phenolic OH excluding ortho intramolecular Hbond substituents is 1. The molecule has 0 aliphatic carbocycles. The largest absolute Gasteiger partial charge is 0.507 e. The monoisotopic (exact) mass is 386 g/mol. The van der Waals surface area contributed by atoms with Crippen LogP contribution in [0.4, 0.5) is 0 Å². The van der Waals surface area contributed by atoms with Crippen molar-refractivity contribution in [3.63, 3.8) is 0 Å². The highest BCUT2D eigenvalue weighted by Gasteiger charge is 2.18. The van der Waals surface area contributed by atoms with Gasteiger partial charge in [0.05, 0.1) is 11.3 Å². The molecule has 2 aromatic heterocycles. The molecule has 0 radical (unpaired) electrons. The molecular weight excluding hydrogens is 372 g/mol. The zero-order valence-electron chi connectivity index (χ0n) is 14.7. The second-order valence-corrected chi connectivity index (χ2v) is 7.01. The Bertz CT molecular complexity index is 1310. The summed E-state index contributed by atoms with van der Waals surface area (Å²) in [5, 5.41) is 26.3. The van der Waals surface area contributed by atoms with E-state index >= 15 is 0 Å². The highest BCUT2D eigenvalue weighted by molar-refractivity contribution is 6.30. The van der Waals surface area contributed by atoms with Crippen molar-refractivity contribution >= 4 is 28.0 Å². The van der Waals surface area contributed by atoms with E-state index in [1.165, 1.54) is 5.56 Å². The van der Waals surface area contributed by atoms with Gasteiger partial charge in [-0.2, -0.15) is 9.61 Å². The Morgan fingerprint density at radius 3 is 2.43 bits per heavy atom. The number of aromatic nitrogens is 4. The molecule has 28 heavy (non-hydrogen) atoms. The van der Waals surface area contributed by atoms with Crippen LogP contribution in [0.2, 0.25) is 5.02 Å². The lowest BCUT2D eigenvalue weighted by Crippen LogP contribution is -2.03. The summed E-state index contributed by atoms with van der Waals surface area (Å²) in [6.45, 7) is 0. The predicted molar refractivity (Wildman–Crippen MR) is 110 cm³/mol. The van der Waals surface area contributed by atoms with E-state index in [0.29, 0.717) is 28.5 Å². The Kier molecular flexibility index (Phi) is 3.95. The van der Waals surface area contributed by atoms with Crippen molar-refractivity contribution in [3.8, 4) is 17.1 Å². The van der Waals surface area contributed by atoms with Gasteiger partial charge < -0.3 is 5.11 Å². The first-order chi connectivity index (χ1) is 13.7. The van der Waals surface area contributed by atoms with E-state index < -0.39 is 0 Å². The van der Waals surface area contributed by atoms with Crippen LogP contribution in [0, 0.1) is 0 Å². The van der Waals surface area contributed by atoms with Gasteiger partial charge in [0.2, 0.25) is 0 Å². The zero-order chi connectivity index (χ0) is 19.1. The number of aromatic hydroxyl groups is 1. The third kappa shape index (κ3) is 2.77. The predicted octanol–water partition coefficient (Wildman–Crippen LogP) is 4.89. The highest BCUT2D eigenvalue weighted by Crippen LogP contribution is 2.32. The lowest BCUT2D eigenvalue weighted by atomic mass is 10.0. The molecule has 5 aromatic rings. The second-order valence-electron chi connectivity index (χ2n) is 6.58. The first kappa shape index (κ1) is 16.7. The quantitative estimate of drug-likeness (QED) is 0.479. The molecule has 0 unspecified atom stereocenters. The van der Waals surface area contributed by atoms with Crippen molar-refractivity contribution in [1.29, 1.82) is 0 Å². The molecule has 0 saturated carbocycles. The molecule has 2 heterocycles. The smallest absolute Gasteiger partial charge is 0.189 e. The average molecular weight is 387 g/mol. The fourth-order valence-corrected chi connectivity index (χ4v) is 3.59. The molecule has 0 aliphatic heterocycles. The fourth-order valence-electron chi connectivity index (χ4n) is 3.42. The molecule has 0 fully saturated rings. The minimum atomic E-state index is 0.0817. The van der Waals surface area contributed by atoms with Crippen molar-refractivity contribution in [2.45, 2.75) is 6.42 Å². The number of benzene rings is 3. The van der Waals surface area contributed by atoms with Crippen LogP contribution in [0.25, 0.3) is 27.8 Å². The van der Waals surface area contributed by atoms with Gasteiger partial charge in [-0.3, -0.25) is 0 Å². The van der Waals surface area contributed by atoms with Crippen LogP contribution >= 0.6 is 11.6 Å². The molecular formula is C22H15ClN4O. The van der Waals surface area contributed by atoms with Gasteiger partial charge in [0.25, 0.3) is 0 Å². The van der Waals surface area contributed by atoms with E-state index in [2.05, 4.69) is 22.3 Å². The number of halogens is 1. The Morgan fingerprint density at radius 1 is 0.857 bits per heavy atom. The van der Waals surface area contributed by atoms with Crippen LogP contribution in [-0.4, -0.2) is 24.9 Å². The van der Waals surface area contributed by atoms with Gasteiger partial charge in [0.15, 0.2) is 11.5 Å². The topological polar surface area (TPSA) is 63.3 Å². The molecule has 0 bridgehead atoms. The van der Waals surface area contributed by atoms with E-state index in [4.69, 9.17) is 16.7 Å². The zero-order valence-corrected chi connectivity index (χ0v) is 15.5. The first-order valence-electron chi connectivity index (χ1n) is 8.86. The lowest BCUT2D eigenvalue weighted by molar-refractivity contribution is 0.476. The molecule has 5 rings (SSSR count). The van der Waals surface area contributed by atoms with Gasteiger partial charge in [-0.1, -0.05) is 66.2 Å². The van der Waals surface area contributed by atoms with Crippen LogP contribution in [0.1, 0.15) is 11.3 Å². The minimum absolute atomic E-state index is 0.0817. The fraction of sp³-hybridized carbons (Fsp3) is 0.0455. The van der Waals surface area contributed by atoms with Gasteiger partial charge in [-0.15, -0.1) is 10.2 Å². The standard InChI is InChI=1S/C22H15ClN4O/c23-15-10-11-20(28)18(13-15)22-25-24-21-17-9-5-4-8-16(17)19(26-27(21)22)12-14-6-2-1-3-7-14/h1-11,13,28H,12H2. The van der Waals surface area contributed by atoms with Crippen molar-refractivity contribution < 1.29 is 5.11 Å². The molecule has 1 N–H and O–H groups in total. The van der Waals surface area contributed by atoms with Crippen molar-refractivity contribution in [1.82, 2.24) is 19.8 Å². The first-order valence-corrected chi connectivity index (χ1v) is 9.24. The number of hydrogen-bond donors (Lipinski definition) is 1. The highest BCUT2D eigenvalue weighted by atomic mass is 35.5. The van der Waals surface area contributed by atoms with E-state index in [9.17, 15) is 5.11 Å². The number of hydrogen-bond acceptors (Lipinski definition) is 4. The Balaban J connectivity index is 1.78. The van der Waals surface area contributed by atoms with E-state index in [1.54, 1.807) is 22.7 Å². The molecule has 3 aromatic carbocycles. The van der Waals surface area contributed by atoms with Gasteiger partial charge in [0.1, 0.15) is 5.75 Å². The summed E-state index contributed by atoms with van der Waals surface area (Å²) in [6, 6.07) is 23.1. The maximum absolute atomic E-state index is 10.3. The summed E-state index contributed by atoms with van der Waals surface area (Å²) in [6.07, 6.45) is 0.677. The van der Waals surface area contributed by atoms with E-state index in [-0.39, 0.29) is 5.75 Å². The van der Waals surface area contributed by atoms with Gasteiger partial charge >= 0.3 is 0 Å². The molecule has 0 spiro atoms. The number of nitrogens with zero attached hydrogens (tertiary/aromatic N) is 4. The summed E-state index contributed by atoms with van der Waals surface area (Å²) in [4.78, 5) is 0. The molecule has 5 nitrogen and oxygen atoms in total. The number of rotatable bonds is 3. The summed E-state index contributed by atoms with van der Waals surface area (Å²) in [5.41, 5.74) is 3.21. The van der Waals surface area contributed by atoms with Gasteiger partial charge in [-0.25, -0.2) is 0 Å². The van der Waals surface area contributed by atoms with Crippen LogP contribution in [-0.2, 0) is 6.42 Å². The summed E-state index contributed by atoms with van der Waals surface area (Å²) < 4.78 is 1.69. The third-order valence-electron chi connectivity index (χ3n) is 4.75. The van der Waals surface area contributed by atoms with Crippen molar-refractivity contribution in [3.05, 3.63) is 89.1 Å². The van der Waals surface area contributed by atoms with E-state index in [1.807, 2.05) is 42.5 Å². The minimum Gasteiger partial charge on any atom is -0.507 e. The third-order valence-corrected chi connectivity index (χ3v) is 4.99. The maximum atomic E-state index is 10.3. The van der Waals surface area contributed by atoms with Crippen LogP contribution in [0.15, 0.2) is 72.8 Å². The summed E-state index contributed by atoms with van der Waals surface area (Å²) >= 11 is 6.13. The summed E-state index contributed by atoms with van der Waals surface area (Å²) in [7, 11) is 0. The molecule has 0 aliphatic rings. The average Bonchev–Trinajstić information content (AvgIpc) is 3.14. The SMILES string of the molecule is Oc1ccc(Cl)cc1-c1nnc2c3ccccc3c(Cc3ccccc3)nn12. The molecule has 0 saturated heterocycles. The Hall–Kier alpha value is -3.44. The molecule has 136 valence electrons. The lowest BCUT2D eigenvalue weighted by Gasteiger charge is -2.09. The van der Waals surface area contributed by atoms with Crippen LogP contribution < -0.4 is 0 Å².